The molecule has 0 aliphatic carbocycles. The minimum atomic E-state index is -0.314. The van der Waals surface area contributed by atoms with E-state index in [1.165, 1.54) is 12.1 Å². The van der Waals surface area contributed by atoms with Crippen LogP contribution in [0.5, 0.6) is 11.5 Å². The highest BCUT2D eigenvalue weighted by Gasteiger charge is 2.27. The summed E-state index contributed by atoms with van der Waals surface area (Å²) in [5.41, 5.74) is 2.45. The molecule has 26 heavy (non-hydrogen) atoms. The minimum Gasteiger partial charge on any atom is -0.493 e. The summed E-state index contributed by atoms with van der Waals surface area (Å²) in [5, 5.41) is 15.0. The molecule has 1 atom stereocenters. The van der Waals surface area contributed by atoms with Crippen molar-refractivity contribution in [1.82, 2.24) is 20.2 Å². The van der Waals surface area contributed by atoms with E-state index in [0.717, 1.165) is 16.8 Å². The molecule has 1 aromatic heterocycles. The van der Waals surface area contributed by atoms with E-state index in [0.29, 0.717) is 17.4 Å². The second-order valence-corrected chi connectivity index (χ2v) is 5.69. The first-order valence-corrected chi connectivity index (χ1v) is 7.95. The first kappa shape index (κ1) is 16.1. The molecule has 8 heteroatoms. The lowest BCUT2D eigenvalue weighted by atomic mass is 10.0. The zero-order chi connectivity index (χ0) is 18.1. The Bertz CT molecular complexity index is 968. The predicted octanol–water partition coefficient (Wildman–Crippen LogP) is 2.89. The summed E-state index contributed by atoms with van der Waals surface area (Å²) in [5.74, 6) is 1.43. The Morgan fingerprint density at radius 1 is 1.08 bits per heavy atom. The normalized spacial score (nSPS) is 15.7. The van der Waals surface area contributed by atoms with Gasteiger partial charge in [0, 0.05) is 11.3 Å². The van der Waals surface area contributed by atoms with Gasteiger partial charge >= 0.3 is 0 Å². The monoisotopic (exact) mass is 353 g/mol. The SMILES string of the molecule is COc1cccc([C@H]2C=C(c3ccc(F)cc3)Nc3nnnn32)c1OC. The first-order valence-electron chi connectivity index (χ1n) is 7.95. The maximum Gasteiger partial charge on any atom is 0.248 e. The fourth-order valence-electron chi connectivity index (χ4n) is 3.02. The second kappa shape index (κ2) is 6.47. The van der Waals surface area contributed by atoms with Gasteiger partial charge in [-0.1, -0.05) is 17.2 Å². The molecule has 1 aliphatic rings. The molecule has 0 radical (unpaired) electrons. The Hall–Kier alpha value is -3.42. The molecule has 0 fully saturated rings. The van der Waals surface area contributed by atoms with Gasteiger partial charge in [0.15, 0.2) is 11.5 Å². The zero-order valence-electron chi connectivity index (χ0n) is 14.2. The van der Waals surface area contributed by atoms with Gasteiger partial charge in [0.25, 0.3) is 0 Å². The molecule has 4 rings (SSSR count). The van der Waals surface area contributed by atoms with Crippen LogP contribution >= 0.6 is 0 Å². The fraction of sp³-hybridized carbons (Fsp3) is 0.167. The van der Waals surface area contributed by atoms with E-state index in [-0.39, 0.29) is 11.9 Å². The summed E-state index contributed by atoms with van der Waals surface area (Å²) in [4.78, 5) is 0. The van der Waals surface area contributed by atoms with Crippen LogP contribution in [0.25, 0.3) is 5.70 Å². The fourth-order valence-corrected chi connectivity index (χ4v) is 3.02. The van der Waals surface area contributed by atoms with Crippen molar-refractivity contribution < 1.29 is 13.9 Å². The van der Waals surface area contributed by atoms with Crippen molar-refractivity contribution in [2.75, 3.05) is 19.5 Å². The van der Waals surface area contributed by atoms with Crippen molar-refractivity contribution in [3.63, 3.8) is 0 Å². The van der Waals surface area contributed by atoms with Crippen molar-refractivity contribution in [1.29, 1.82) is 0 Å². The standard InChI is InChI=1S/C18H16FN5O2/c1-25-16-5-3-4-13(17(16)26-2)15-10-14(11-6-8-12(19)9-7-11)20-18-21-22-23-24(15)18/h3-10,15H,1-2H3,(H,20,21,23)/t15-/m1/s1. The molecule has 1 N–H and O–H groups in total. The Labute approximate surface area is 149 Å². The lowest BCUT2D eigenvalue weighted by Crippen LogP contribution is -2.21. The number of halogens is 1. The summed E-state index contributed by atoms with van der Waals surface area (Å²) in [7, 11) is 3.18. The van der Waals surface area contributed by atoms with Gasteiger partial charge in [-0.15, -0.1) is 0 Å². The van der Waals surface area contributed by atoms with Crippen LogP contribution in [0.1, 0.15) is 17.2 Å². The average molecular weight is 353 g/mol. The first-order chi connectivity index (χ1) is 12.7. The number of benzene rings is 2. The number of allylic oxidation sites excluding steroid dienone is 1. The van der Waals surface area contributed by atoms with Crippen LogP contribution < -0.4 is 14.8 Å². The van der Waals surface area contributed by atoms with Crippen molar-refractivity contribution in [3.8, 4) is 11.5 Å². The van der Waals surface area contributed by atoms with Crippen LogP contribution in [0.2, 0.25) is 0 Å². The molecule has 0 saturated carbocycles. The lowest BCUT2D eigenvalue weighted by molar-refractivity contribution is 0.348. The van der Waals surface area contributed by atoms with Crippen molar-refractivity contribution in [2.24, 2.45) is 0 Å². The van der Waals surface area contributed by atoms with Gasteiger partial charge in [0.1, 0.15) is 11.9 Å². The average Bonchev–Trinajstić information content (AvgIpc) is 3.15. The molecule has 1 aliphatic heterocycles. The van der Waals surface area contributed by atoms with E-state index < -0.39 is 0 Å². The third-order valence-corrected chi connectivity index (χ3v) is 4.23. The number of nitrogens with one attached hydrogen (secondary N) is 1. The van der Waals surface area contributed by atoms with Crippen LogP contribution in [0.15, 0.2) is 48.5 Å². The number of aromatic nitrogens is 4. The highest BCUT2D eigenvalue weighted by molar-refractivity contribution is 5.77. The maximum absolute atomic E-state index is 13.3. The van der Waals surface area contributed by atoms with Crippen molar-refractivity contribution in [2.45, 2.75) is 6.04 Å². The molecule has 0 spiro atoms. The quantitative estimate of drug-likeness (QED) is 0.777. The summed E-state index contributed by atoms with van der Waals surface area (Å²) in [6, 6.07) is 11.6. The molecular weight excluding hydrogens is 337 g/mol. The number of para-hydroxylation sites is 1. The smallest absolute Gasteiger partial charge is 0.248 e. The van der Waals surface area contributed by atoms with E-state index in [1.54, 1.807) is 31.0 Å². The number of rotatable bonds is 4. The number of hydrogen-bond donors (Lipinski definition) is 1. The molecule has 0 saturated heterocycles. The molecule has 2 heterocycles. The Balaban J connectivity index is 1.85. The van der Waals surface area contributed by atoms with Crippen LogP contribution in [-0.4, -0.2) is 34.4 Å². The van der Waals surface area contributed by atoms with E-state index in [1.807, 2.05) is 24.3 Å². The highest BCUT2D eigenvalue weighted by Crippen LogP contribution is 2.40. The highest BCUT2D eigenvalue weighted by atomic mass is 19.1. The minimum absolute atomic E-state index is 0.291. The number of ether oxygens (including phenoxy) is 2. The summed E-state index contributed by atoms with van der Waals surface area (Å²) in [6.07, 6.45) is 1.97. The van der Waals surface area contributed by atoms with Crippen LogP contribution in [0.4, 0.5) is 10.3 Å². The van der Waals surface area contributed by atoms with Crippen molar-refractivity contribution >= 4 is 11.6 Å². The largest absolute Gasteiger partial charge is 0.493 e. The summed E-state index contributed by atoms with van der Waals surface area (Å²) >= 11 is 0. The molecule has 0 unspecified atom stereocenters. The zero-order valence-corrected chi connectivity index (χ0v) is 14.2. The van der Waals surface area contributed by atoms with Gasteiger partial charge in [-0.25, -0.2) is 4.39 Å². The van der Waals surface area contributed by atoms with Gasteiger partial charge in [-0.3, -0.25) is 0 Å². The molecule has 2 aromatic carbocycles. The Morgan fingerprint density at radius 2 is 1.88 bits per heavy atom. The molecule has 0 amide bonds. The Morgan fingerprint density at radius 3 is 2.62 bits per heavy atom. The number of tetrazole rings is 1. The number of anilines is 1. The molecule has 3 aromatic rings. The van der Waals surface area contributed by atoms with Crippen LogP contribution in [0.3, 0.4) is 0 Å². The van der Waals surface area contributed by atoms with E-state index in [4.69, 9.17) is 9.47 Å². The summed E-state index contributed by atoms with van der Waals surface area (Å²) in [6.45, 7) is 0. The van der Waals surface area contributed by atoms with Gasteiger partial charge in [-0.05, 0) is 52.4 Å². The number of methoxy groups -OCH3 is 2. The third-order valence-electron chi connectivity index (χ3n) is 4.23. The molecule has 0 bridgehead atoms. The van der Waals surface area contributed by atoms with Gasteiger partial charge in [0.05, 0.1) is 14.2 Å². The lowest BCUT2D eigenvalue weighted by Gasteiger charge is -2.25. The number of nitrogens with zero attached hydrogens (tertiary/aromatic N) is 4. The number of fused-ring (bicyclic) bond motifs is 1. The van der Waals surface area contributed by atoms with Gasteiger partial charge in [0.2, 0.25) is 5.95 Å². The Kier molecular flexibility index (Phi) is 4.00. The summed E-state index contributed by atoms with van der Waals surface area (Å²) < 4.78 is 25.9. The van der Waals surface area contributed by atoms with Gasteiger partial charge in [-0.2, -0.15) is 4.68 Å². The molecule has 132 valence electrons. The topological polar surface area (TPSA) is 74.1 Å². The third kappa shape index (κ3) is 2.65. The predicted molar refractivity (Wildman–Crippen MR) is 93.5 cm³/mol. The molecular formula is C18H16FN5O2. The number of hydrogen-bond acceptors (Lipinski definition) is 6. The van der Waals surface area contributed by atoms with E-state index >= 15 is 0 Å². The van der Waals surface area contributed by atoms with Gasteiger partial charge < -0.3 is 14.8 Å². The van der Waals surface area contributed by atoms with Crippen LogP contribution in [-0.2, 0) is 0 Å². The van der Waals surface area contributed by atoms with E-state index in [9.17, 15) is 4.39 Å². The van der Waals surface area contributed by atoms with E-state index in [2.05, 4.69) is 20.8 Å². The maximum atomic E-state index is 13.3. The second-order valence-electron chi connectivity index (χ2n) is 5.69. The van der Waals surface area contributed by atoms with Crippen molar-refractivity contribution in [3.05, 3.63) is 65.5 Å². The van der Waals surface area contributed by atoms with Crippen LogP contribution in [0, 0.1) is 5.82 Å². The molecule has 7 nitrogen and oxygen atoms in total.